The zero-order valence-electron chi connectivity index (χ0n) is 11.1. The molecule has 1 unspecified atom stereocenters. The van der Waals surface area contributed by atoms with E-state index in [0.29, 0.717) is 6.10 Å². The van der Waals surface area contributed by atoms with Gasteiger partial charge in [-0.2, -0.15) is 0 Å². The Labute approximate surface area is 106 Å². The Kier molecular flexibility index (Phi) is 7.20. The SMILES string of the molecule is CCCCCCC(C)O/C=C/c1ccccc1. The predicted octanol–water partition coefficient (Wildman–Crippen LogP) is 5.03. The van der Waals surface area contributed by atoms with Gasteiger partial charge < -0.3 is 4.74 Å². The lowest BCUT2D eigenvalue weighted by atomic mass is 10.1. The van der Waals surface area contributed by atoms with Gasteiger partial charge in [0.05, 0.1) is 12.4 Å². The molecule has 1 aromatic rings. The summed E-state index contributed by atoms with van der Waals surface area (Å²) >= 11 is 0. The van der Waals surface area contributed by atoms with Crippen LogP contribution in [0.15, 0.2) is 36.6 Å². The Bertz CT molecular complexity index is 303. The molecule has 0 amide bonds. The van der Waals surface area contributed by atoms with Crippen LogP contribution >= 0.6 is 0 Å². The molecule has 0 aromatic heterocycles. The molecule has 0 aliphatic rings. The van der Waals surface area contributed by atoms with Crippen LogP contribution in [-0.2, 0) is 4.74 Å². The molecule has 1 heteroatoms. The third kappa shape index (κ3) is 6.83. The van der Waals surface area contributed by atoms with Gasteiger partial charge in [0.25, 0.3) is 0 Å². The van der Waals surface area contributed by atoms with Gasteiger partial charge in [0.15, 0.2) is 0 Å². The number of ether oxygens (including phenoxy) is 1. The van der Waals surface area contributed by atoms with Crippen molar-refractivity contribution in [2.75, 3.05) is 0 Å². The fourth-order valence-electron chi connectivity index (χ4n) is 1.74. The topological polar surface area (TPSA) is 9.23 Å². The lowest BCUT2D eigenvalue weighted by Gasteiger charge is -2.10. The molecule has 0 radical (unpaired) electrons. The van der Waals surface area contributed by atoms with Crippen molar-refractivity contribution in [2.24, 2.45) is 0 Å². The number of rotatable bonds is 8. The highest BCUT2D eigenvalue weighted by atomic mass is 16.5. The van der Waals surface area contributed by atoms with Gasteiger partial charge in [-0.3, -0.25) is 0 Å². The molecule has 1 atom stereocenters. The van der Waals surface area contributed by atoms with Gasteiger partial charge in [0.2, 0.25) is 0 Å². The summed E-state index contributed by atoms with van der Waals surface area (Å²) in [5.41, 5.74) is 1.19. The van der Waals surface area contributed by atoms with Crippen LogP contribution in [0.4, 0.5) is 0 Å². The van der Waals surface area contributed by atoms with E-state index in [1.165, 1.54) is 31.2 Å². The van der Waals surface area contributed by atoms with E-state index < -0.39 is 0 Å². The monoisotopic (exact) mass is 232 g/mol. The molecule has 1 aromatic carbocycles. The van der Waals surface area contributed by atoms with Crippen molar-refractivity contribution in [3.05, 3.63) is 42.2 Å². The summed E-state index contributed by atoms with van der Waals surface area (Å²) < 4.78 is 5.65. The van der Waals surface area contributed by atoms with Crippen molar-refractivity contribution in [3.8, 4) is 0 Å². The van der Waals surface area contributed by atoms with Crippen LogP contribution < -0.4 is 0 Å². The summed E-state index contributed by atoms with van der Waals surface area (Å²) in [4.78, 5) is 0. The molecule has 0 fully saturated rings. The van der Waals surface area contributed by atoms with Gasteiger partial charge in [0, 0.05) is 0 Å². The van der Waals surface area contributed by atoms with Crippen LogP contribution in [0.5, 0.6) is 0 Å². The maximum atomic E-state index is 5.65. The van der Waals surface area contributed by atoms with E-state index in [2.05, 4.69) is 26.0 Å². The first-order valence-electron chi connectivity index (χ1n) is 6.70. The first-order chi connectivity index (χ1) is 8.33. The highest BCUT2D eigenvalue weighted by Crippen LogP contribution is 2.09. The van der Waals surface area contributed by atoms with Crippen molar-refractivity contribution in [1.29, 1.82) is 0 Å². The van der Waals surface area contributed by atoms with E-state index in [9.17, 15) is 0 Å². The zero-order valence-corrected chi connectivity index (χ0v) is 11.1. The largest absolute Gasteiger partial charge is 0.498 e. The molecule has 1 nitrogen and oxygen atoms in total. The predicted molar refractivity (Wildman–Crippen MR) is 74.8 cm³/mol. The van der Waals surface area contributed by atoms with Crippen molar-refractivity contribution in [3.63, 3.8) is 0 Å². The Morgan fingerprint density at radius 1 is 1.12 bits per heavy atom. The second kappa shape index (κ2) is 8.86. The summed E-state index contributed by atoms with van der Waals surface area (Å²) in [6, 6.07) is 10.2. The zero-order chi connectivity index (χ0) is 12.3. The molecule has 0 aliphatic heterocycles. The van der Waals surface area contributed by atoms with Gasteiger partial charge in [-0.05, 0) is 31.4 Å². The van der Waals surface area contributed by atoms with Crippen LogP contribution in [0.3, 0.4) is 0 Å². The maximum Gasteiger partial charge on any atom is 0.0950 e. The van der Waals surface area contributed by atoms with Gasteiger partial charge in [0.1, 0.15) is 0 Å². The minimum Gasteiger partial charge on any atom is -0.498 e. The van der Waals surface area contributed by atoms with Crippen LogP contribution in [0.1, 0.15) is 51.5 Å². The summed E-state index contributed by atoms with van der Waals surface area (Å²) in [6.07, 6.45) is 10.5. The van der Waals surface area contributed by atoms with Crippen LogP contribution in [0.2, 0.25) is 0 Å². The second-order valence-corrected chi connectivity index (χ2v) is 4.51. The smallest absolute Gasteiger partial charge is 0.0950 e. The fourth-order valence-corrected chi connectivity index (χ4v) is 1.74. The Hall–Kier alpha value is -1.24. The number of unbranched alkanes of at least 4 members (excludes halogenated alkanes) is 3. The molecule has 0 heterocycles. The quantitative estimate of drug-likeness (QED) is 0.451. The molecular weight excluding hydrogens is 208 g/mol. The van der Waals surface area contributed by atoms with Gasteiger partial charge in [-0.25, -0.2) is 0 Å². The Morgan fingerprint density at radius 2 is 1.88 bits per heavy atom. The summed E-state index contributed by atoms with van der Waals surface area (Å²) in [7, 11) is 0. The van der Waals surface area contributed by atoms with E-state index >= 15 is 0 Å². The van der Waals surface area contributed by atoms with Crippen molar-refractivity contribution < 1.29 is 4.74 Å². The van der Waals surface area contributed by atoms with E-state index in [-0.39, 0.29) is 0 Å². The molecule has 0 bridgehead atoms. The summed E-state index contributed by atoms with van der Waals surface area (Å²) in [5, 5.41) is 0. The maximum absolute atomic E-state index is 5.65. The first-order valence-corrected chi connectivity index (χ1v) is 6.70. The molecular formula is C16H24O. The molecule has 1 rings (SSSR count). The minimum absolute atomic E-state index is 0.326. The lowest BCUT2D eigenvalue weighted by Crippen LogP contribution is -2.03. The molecule has 0 N–H and O–H groups in total. The normalized spacial score (nSPS) is 12.8. The molecule has 94 valence electrons. The van der Waals surface area contributed by atoms with E-state index in [0.717, 1.165) is 6.42 Å². The number of hydrogen-bond donors (Lipinski definition) is 0. The molecule has 0 saturated heterocycles. The molecule has 0 aliphatic carbocycles. The lowest BCUT2D eigenvalue weighted by molar-refractivity contribution is 0.151. The average molecular weight is 232 g/mol. The van der Waals surface area contributed by atoms with Crippen LogP contribution in [0, 0.1) is 0 Å². The van der Waals surface area contributed by atoms with E-state index in [4.69, 9.17) is 4.74 Å². The van der Waals surface area contributed by atoms with Gasteiger partial charge in [-0.1, -0.05) is 56.5 Å². The number of benzene rings is 1. The third-order valence-corrected chi connectivity index (χ3v) is 2.84. The summed E-state index contributed by atoms with van der Waals surface area (Å²) in [5.74, 6) is 0. The molecule has 0 spiro atoms. The summed E-state index contributed by atoms with van der Waals surface area (Å²) in [6.45, 7) is 4.38. The Balaban J connectivity index is 2.15. The Morgan fingerprint density at radius 3 is 2.59 bits per heavy atom. The van der Waals surface area contributed by atoms with Gasteiger partial charge >= 0.3 is 0 Å². The van der Waals surface area contributed by atoms with Crippen molar-refractivity contribution in [1.82, 2.24) is 0 Å². The average Bonchev–Trinajstić information content (AvgIpc) is 2.36. The first kappa shape index (κ1) is 13.8. The van der Waals surface area contributed by atoms with Crippen LogP contribution in [-0.4, -0.2) is 6.10 Å². The van der Waals surface area contributed by atoms with Crippen molar-refractivity contribution >= 4 is 6.08 Å². The highest BCUT2D eigenvalue weighted by Gasteiger charge is 1.99. The van der Waals surface area contributed by atoms with Crippen LogP contribution in [0.25, 0.3) is 6.08 Å². The fraction of sp³-hybridized carbons (Fsp3) is 0.500. The molecule has 0 saturated carbocycles. The standard InChI is InChI=1S/C16H24O/c1-3-4-5-7-10-15(2)17-14-13-16-11-8-6-9-12-16/h6,8-9,11-15H,3-5,7,10H2,1-2H3/b14-13+. The van der Waals surface area contributed by atoms with Crippen molar-refractivity contribution in [2.45, 2.75) is 52.1 Å². The van der Waals surface area contributed by atoms with Gasteiger partial charge in [-0.15, -0.1) is 0 Å². The highest BCUT2D eigenvalue weighted by molar-refractivity contribution is 5.47. The third-order valence-electron chi connectivity index (χ3n) is 2.84. The second-order valence-electron chi connectivity index (χ2n) is 4.51. The molecule has 17 heavy (non-hydrogen) atoms. The van der Waals surface area contributed by atoms with E-state index in [1.807, 2.05) is 30.5 Å². The minimum atomic E-state index is 0.326. The number of hydrogen-bond acceptors (Lipinski definition) is 1. The van der Waals surface area contributed by atoms with E-state index in [1.54, 1.807) is 0 Å².